The number of alkyl halides is 3. The van der Waals surface area contributed by atoms with E-state index in [9.17, 15) is 13.2 Å². The first-order valence-electron chi connectivity index (χ1n) is 18.6. The van der Waals surface area contributed by atoms with Crippen LogP contribution in [0.5, 0.6) is 0 Å². The summed E-state index contributed by atoms with van der Waals surface area (Å²) in [6.07, 6.45) is -22.1. The van der Waals surface area contributed by atoms with Crippen molar-refractivity contribution in [3.63, 3.8) is 0 Å². The number of halogens is 3. The summed E-state index contributed by atoms with van der Waals surface area (Å²) in [4.78, 5) is 7.30. The summed E-state index contributed by atoms with van der Waals surface area (Å²) in [6, 6.07) is 6.44. The van der Waals surface area contributed by atoms with Gasteiger partial charge >= 0.3 is 6.18 Å². The Morgan fingerprint density at radius 3 is 2.60 bits per heavy atom. The molecule has 3 nitrogen and oxygen atoms in total. The van der Waals surface area contributed by atoms with E-state index >= 15 is 0 Å². The van der Waals surface area contributed by atoms with Crippen molar-refractivity contribution in [2.24, 2.45) is 11.0 Å². The molecule has 0 bridgehead atoms. The summed E-state index contributed by atoms with van der Waals surface area (Å²) in [5, 5.41) is 3.90. The number of aryl methyl sites for hydroxylation is 1. The molecule has 2 aliphatic rings. The quantitative estimate of drug-likeness (QED) is 0.273. The molecule has 4 rings (SSSR count). The van der Waals surface area contributed by atoms with Crippen molar-refractivity contribution < 1.29 is 38.6 Å². The SMILES string of the molecule is [2H]C([2H])([2H])C([2H])([2H])c1cc(/C(C)=N/OCc2ccc(C3([2H])C([2H])([2H])C([2H])([2H])C([2H])(C)C([2H])([2H])C3([2H])[2H])c(C(F)(F)F)c2)ccc1CN1CCC1. The summed E-state index contributed by atoms with van der Waals surface area (Å²) in [7, 11) is 0. The number of hydrogen-bond acceptors (Lipinski definition) is 3. The highest BCUT2D eigenvalue weighted by atomic mass is 19.4. The minimum atomic E-state index is -5.36. The van der Waals surface area contributed by atoms with E-state index in [1.165, 1.54) is 13.0 Å². The van der Waals surface area contributed by atoms with Crippen molar-refractivity contribution in [1.29, 1.82) is 0 Å². The van der Waals surface area contributed by atoms with Crippen LogP contribution in [0.25, 0.3) is 0 Å². The van der Waals surface area contributed by atoms with Gasteiger partial charge in [0.2, 0.25) is 0 Å². The van der Waals surface area contributed by atoms with Crippen molar-refractivity contribution >= 4 is 5.71 Å². The Hall–Kier alpha value is -2.34. The molecular formula is C29H37F3N2O. The van der Waals surface area contributed by atoms with Gasteiger partial charge in [0, 0.05) is 27.1 Å². The largest absolute Gasteiger partial charge is 0.416 e. The molecule has 0 N–H and O–H groups in total. The summed E-state index contributed by atoms with van der Waals surface area (Å²) in [5.74, 6) is -7.00. The lowest BCUT2D eigenvalue weighted by Gasteiger charge is -2.31. The predicted molar refractivity (Wildman–Crippen MR) is 135 cm³/mol. The maximum atomic E-state index is 14.5. The highest BCUT2D eigenvalue weighted by Gasteiger charge is 2.36. The highest BCUT2D eigenvalue weighted by Crippen LogP contribution is 2.42. The number of oxime groups is 1. The monoisotopic (exact) mass is 501 g/mol. The molecule has 0 amide bonds. The van der Waals surface area contributed by atoms with E-state index < -0.39 is 74.4 Å². The van der Waals surface area contributed by atoms with Crippen LogP contribution in [0.1, 0.15) is 112 Å². The van der Waals surface area contributed by atoms with Gasteiger partial charge in [-0.1, -0.05) is 55.9 Å². The molecule has 1 aliphatic heterocycles. The average Bonchev–Trinajstić information content (AvgIpc) is 2.96. The zero-order valence-corrected chi connectivity index (χ0v) is 19.4. The molecule has 0 aromatic heterocycles. The molecule has 2 aromatic carbocycles. The maximum absolute atomic E-state index is 14.5. The zero-order valence-electron chi connectivity index (χ0n) is 34.4. The number of rotatable bonds is 8. The Morgan fingerprint density at radius 2 is 1.94 bits per heavy atom. The second-order valence-corrected chi connectivity index (χ2v) is 8.45. The molecule has 0 atom stereocenters. The number of hydrogen-bond donors (Lipinski definition) is 0. The molecule has 0 spiro atoms. The molecule has 1 aliphatic carbocycles. The van der Waals surface area contributed by atoms with E-state index in [1.807, 2.05) is 4.90 Å². The third-order valence-corrected chi connectivity index (χ3v) is 5.85. The second kappa shape index (κ2) is 11.2. The van der Waals surface area contributed by atoms with Gasteiger partial charge in [-0.05, 0) is 97.3 Å². The maximum Gasteiger partial charge on any atom is 0.416 e. The third-order valence-electron chi connectivity index (χ3n) is 5.85. The van der Waals surface area contributed by atoms with Crippen LogP contribution in [-0.4, -0.2) is 23.7 Å². The lowest BCUT2D eigenvalue weighted by molar-refractivity contribution is -0.138. The van der Waals surface area contributed by atoms with Gasteiger partial charge in [-0.15, -0.1) is 0 Å². The zero-order chi connectivity index (χ0) is 38.3. The molecule has 35 heavy (non-hydrogen) atoms. The van der Waals surface area contributed by atoms with Gasteiger partial charge in [0.05, 0.1) is 11.3 Å². The van der Waals surface area contributed by atoms with Gasteiger partial charge in [-0.2, -0.15) is 13.2 Å². The molecule has 0 unspecified atom stereocenters. The van der Waals surface area contributed by atoms with Gasteiger partial charge in [0.1, 0.15) is 6.61 Å². The Kier molecular flexibility index (Phi) is 4.06. The Labute approximate surface area is 228 Å². The van der Waals surface area contributed by atoms with E-state index in [0.717, 1.165) is 25.6 Å². The van der Waals surface area contributed by atoms with Crippen molar-refractivity contribution in [2.75, 3.05) is 13.1 Å². The smallest absolute Gasteiger partial charge is 0.391 e. The van der Waals surface area contributed by atoms with E-state index in [2.05, 4.69) is 5.16 Å². The van der Waals surface area contributed by atoms with Gasteiger partial charge < -0.3 is 4.84 Å². The highest BCUT2D eigenvalue weighted by molar-refractivity contribution is 5.98. The van der Waals surface area contributed by atoms with E-state index in [0.29, 0.717) is 31.2 Å². The molecule has 1 saturated carbocycles. The normalized spacial score (nSPS) is 38.7. The van der Waals surface area contributed by atoms with Crippen LogP contribution in [0.15, 0.2) is 41.6 Å². The third kappa shape index (κ3) is 6.46. The summed E-state index contributed by atoms with van der Waals surface area (Å²) in [6.45, 7) is 0.289. The van der Waals surface area contributed by atoms with Crippen LogP contribution in [0.2, 0.25) is 0 Å². The lowest BCUT2D eigenvalue weighted by atomic mass is 9.78. The minimum Gasteiger partial charge on any atom is -0.391 e. The summed E-state index contributed by atoms with van der Waals surface area (Å²) < 4.78 is 168. The van der Waals surface area contributed by atoms with Crippen LogP contribution in [0, 0.1) is 5.89 Å². The van der Waals surface area contributed by atoms with Crippen molar-refractivity contribution in [1.82, 2.24) is 4.90 Å². The lowest BCUT2D eigenvalue weighted by Crippen LogP contribution is -2.36. The first-order chi connectivity index (χ1) is 22.4. The average molecular weight is 502 g/mol. The Morgan fingerprint density at radius 1 is 1.17 bits per heavy atom. The molecule has 2 fully saturated rings. The Balaban J connectivity index is 1.71. The van der Waals surface area contributed by atoms with Crippen molar-refractivity contribution in [3.05, 3.63) is 69.8 Å². The second-order valence-electron chi connectivity index (χ2n) is 8.45. The summed E-state index contributed by atoms with van der Waals surface area (Å²) in [5.41, 5.74) is -2.57. The van der Waals surface area contributed by atoms with Gasteiger partial charge in [0.25, 0.3) is 0 Å². The van der Waals surface area contributed by atoms with Crippen LogP contribution in [0.4, 0.5) is 13.2 Å². The number of likely N-dealkylation sites (tertiary alicyclic amines) is 1. The topological polar surface area (TPSA) is 24.8 Å². The van der Waals surface area contributed by atoms with Crippen LogP contribution in [-0.2, 0) is 30.5 Å². The molecule has 190 valence electrons. The van der Waals surface area contributed by atoms with Crippen LogP contribution < -0.4 is 0 Å². The van der Waals surface area contributed by atoms with Crippen molar-refractivity contribution in [2.45, 2.75) is 84.2 Å². The fourth-order valence-corrected chi connectivity index (χ4v) is 3.74. The summed E-state index contributed by atoms with van der Waals surface area (Å²) >= 11 is 0. The van der Waals surface area contributed by atoms with E-state index in [4.69, 9.17) is 25.4 Å². The molecule has 2 aromatic rings. The van der Waals surface area contributed by atoms with Crippen LogP contribution >= 0.6 is 0 Å². The molecule has 1 saturated heterocycles. The predicted octanol–water partition coefficient (Wildman–Crippen LogP) is 7.71. The van der Waals surface area contributed by atoms with E-state index in [-0.39, 0.29) is 22.4 Å². The molecule has 1 heterocycles. The van der Waals surface area contributed by atoms with E-state index in [1.54, 1.807) is 12.1 Å². The fourth-order valence-electron chi connectivity index (χ4n) is 3.74. The van der Waals surface area contributed by atoms with Crippen LogP contribution in [0.3, 0.4) is 0 Å². The van der Waals surface area contributed by atoms with Gasteiger partial charge in [-0.3, -0.25) is 4.90 Å². The fraction of sp³-hybridized carbons (Fsp3) is 0.552. The first-order valence-corrected chi connectivity index (χ1v) is 11.1. The Bertz CT molecular complexity index is 1620. The number of nitrogens with zero attached hydrogens (tertiary/aromatic N) is 2. The standard InChI is InChI=1S/C29H37F3N2O/c1-4-23-17-25(11-12-26(23)18-34-14-5-15-34)21(3)33-35-19-22-8-13-27(28(16-22)29(30,31)32)24-9-6-20(2)7-10-24/h8,11-13,16-17,20,24H,4-7,9-10,14-15,18-19H2,1-3H3/b33-21+/i1D3,4D2,6D2,7D2,9D2,10D2,20D,24D. The molecule has 0 radical (unpaired) electrons. The molecule has 6 heteroatoms. The molecular weight excluding hydrogens is 449 g/mol. The first kappa shape index (κ1) is 12.8. The van der Waals surface area contributed by atoms with Crippen molar-refractivity contribution in [3.8, 4) is 0 Å². The van der Waals surface area contributed by atoms with Gasteiger partial charge in [-0.25, -0.2) is 0 Å². The van der Waals surface area contributed by atoms with Gasteiger partial charge in [0.15, 0.2) is 0 Å². The minimum absolute atomic E-state index is 0.0758. The number of benzene rings is 2.